The zero-order chi connectivity index (χ0) is 12.1. The van der Waals surface area contributed by atoms with Crippen LogP contribution in [0.4, 0.5) is 5.82 Å². The average molecular weight is 256 g/mol. The summed E-state index contributed by atoms with van der Waals surface area (Å²) in [5, 5.41) is 17.5. The van der Waals surface area contributed by atoms with Crippen molar-refractivity contribution in [2.24, 2.45) is 0 Å². The number of morpholine rings is 1. The van der Waals surface area contributed by atoms with Crippen molar-refractivity contribution in [2.75, 3.05) is 37.8 Å². The zero-order valence-electron chi connectivity index (χ0n) is 9.07. The molecule has 0 saturated carbocycles. The van der Waals surface area contributed by atoms with E-state index in [1.54, 1.807) is 6.07 Å². The molecule has 0 bridgehead atoms. The zero-order valence-corrected chi connectivity index (χ0v) is 9.89. The third-order valence-corrected chi connectivity index (χ3v) is 2.78. The largest absolute Gasteiger partial charge is 0.470 e. The van der Waals surface area contributed by atoms with E-state index in [4.69, 9.17) is 19.8 Å². The first-order valence-corrected chi connectivity index (χ1v) is 5.90. The quantitative estimate of drug-likeness (QED) is 0.735. The molecule has 0 aromatic carbocycles. The van der Waals surface area contributed by atoms with Gasteiger partial charge in [0.1, 0.15) is 6.61 Å². The molecule has 1 saturated heterocycles. The van der Waals surface area contributed by atoms with Crippen molar-refractivity contribution in [3.63, 3.8) is 0 Å². The number of nitrogens with zero attached hydrogens (tertiary/aromatic N) is 4. The van der Waals surface area contributed by atoms with Crippen molar-refractivity contribution in [3.05, 3.63) is 0 Å². The van der Waals surface area contributed by atoms with E-state index in [1.807, 2.05) is 4.90 Å². The predicted octanol–water partition coefficient (Wildman–Crippen LogP) is -0.362. The SMILES string of the molecule is N#CC(O)COc1nsnc1N1CCOCC1. The van der Waals surface area contributed by atoms with Crippen molar-refractivity contribution >= 4 is 17.5 Å². The fourth-order valence-electron chi connectivity index (χ4n) is 1.43. The lowest BCUT2D eigenvalue weighted by molar-refractivity contribution is 0.121. The Balaban J connectivity index is 1.98. The molecular formula is C9H12N4O3S. The van der Waals surface area contributed by atoms with E-state index in [-0.39, 0.29) is 6.61 Å². The Kier molecular flexibility index (Phi) is 4.08. The summed E-state index contributed by atoms with van der Waals surface area (Å²) in [6, 6.07) is 1.68. The van der Waals surface area contributed by atoms with Crippen LogP contribution in [0.5, 0.6) is 5.88 Å². The Morgan fingerprint density at radius 1 is 1.53 bits per heavy atom. The minimum absolute atomic E-state index is 0.0980. The van der Waals surface area contributed by atoms with Crippen molar-refractivity contribution in [1.29, 1.82) is 5.26 Å². The highest BCUT2D eigenvalue weighted by Gasteiger charge is 2.20. The van der Waals surface area contributed by atoms with Crippen LogP contribution in [0.25, 0.3) is 0 Å². The van der Waals surface area contributed by atoms with Gasteiger partial charge in [0.2, 0.25) is 5.82 Å². The molecule has 1 aromatic rings. The van der Waals surface area contributed by atoms with Gasteiger partial charge in [-0.25, -0.2) is 0 Å². The van der Waals surface area contributed by atoms with Crippen molar-refractivity contribution in [1.82, 2.24) is 8.75 Å². The summed E-state index contributed by atoms with van der Waals surface area (Å²) >= 11 is 1.05. The molecule has 8 heteroatoms. The molecule has 1 aliphatic heterocycles. The molecule has 0 radical (unpaired) electrons. The second kappa shape index (κ2) is 5.77. The van der Waals surface area contributed by atoms with Gasteiger partial charge in [0.05, 0.1) is 31.0 Å². The molecule has 0 aliphatic carbocycles. The van der Waals surface area contributed by atoms with Crippen LogP contribution in [-0.2, 0) is 4.74 Å². The van der Waals surface area contributed by atoms with Gasteiger partial charge in [-0.15, -0.1) is 4.37 Å². The fourth-order valence-corrected chi connectivity index (χ4v) is 1.95. The van der Waals surface area contributed by atoms with Gasteiger partial charge in [0, 0.05) is 13.1 Å². The van der Waals surface area contributed by atoms with Crippen molar-refractivity contribution in [3.8, 4) is 11.9 Å². The summed E-state index contributed by atoms with van der Waals surface area (Å²) in [5.41, 5.74) is 0. The van der Waals surface area contributed by atoms with E-state index < -0.39 is 6.10 Å². The average Bonchev–Trinajstić information content (AvgIpc) is 2.85. The number of aliphatic hydroxyl groups is 1. The summed E-state index contributed by atoms with van der Waals surface area (Å²) in [6.07, 6.45) is -1.14. The van der Waals surface area contributed by atoms with Gasteiger partial charge in [-0.2, -0.15) is 9.64 Å². The fraction of sp³-hybridized carbons (Fsp3) is 0.667. The van der Waals surface area contributed by atoms with E-state index in [0.29, 0.717) is 24.9 Å². The van der Waals surface area contributed by atoms with Crippen molar-refractivity contribution < 1.29 is 14.6 Å². The molecule has 7 nitrogen and oxygen atoms in total. The van der Waals surface area contributed by atoms with Crippen LogP contribution in [0.1, 0.15) is 0 Å². The van der Waals surface area contributed by atoms with Crippen LogP contribution in [0.2, 0.25) is 0 Å². The number of nitriles is 1. The molecule has 1 aliphatic rings. The Hall–Kier alpha value is -1.43. The van der Waals surface area contributed by atoms with Crippen LogP contribution >= 0.6 is 11.7 Å². The van der Waals surface area contributed by atoms with E-state index in [0.717, 1.165) is 24.8 Å². The monoisotopic (exact) mass is 256 g/mol. The first-order valence-electron chi connectivity index (χ1n) is 5.17. The Morgan fingerprint density at radius 2 is 2.29 bits per heavy atom. The Labute approximate surface area is 103 Å². The number of rotatable bonds is 4. The maximum absolute atomic E-state index is 9.09. The number of ether oxygens (including phenoxy) is 2. The standard InChI is InChI=1S/C9H12N4O3S/c10-5-7(14)6-16-9-8(11-17-12-9)13-1-3-15-4-2-13/h7,14H,1-4,6H2. The molecule has 0 amide bonds. The molecular weight excluding hydrogens is 244 g/mol. The predicted molar refractivity (Wildman–Crippen MR) is 60.1 cm³/mol. The number of aromatic nitrogens is 2. The number of hydrogen-bond acceptors (Lipinski definition) is 8. The second-order valence-electron chi connectivity index (χ2n) is 3.45. The molecule has 2 heterocycles. The van der Waals surface area contributed by atoms with Gasteiger partial charge in [0.25, 0.3) is 5.88 Å². The summed E-state index contributed by atoms with van der Waals surface area (Å²) in [6.45, 7) is 2.68. The number of aliphatic hydroxyl groups excluding tert-OH is 1. The van der Waals surface area contributed by atoms with Crippen LogP contribution in [0, 0.1) is 11.3 Å². The normalized spacial score (nSPS) is 17.5. The molecule has 17 heavy (non-hydrogen) atoms. The lowest BCUT2D eigenvalue weighted by Gasteiger charge is -2.26. The maximum atomic E-state index is 9.09. The molecule has 2 rings (SSSR count). The summed E-state index contributed by atoms with van der Waals surface area (Å²) in [5.74, 6) is 1.02. The van der Waals surface area contributed by atoms with Gasteiger partial charge in [-0.1, -0.05) is 0 Å². The van der Waals surface area contributed by atoms with Crippen molar-refractivity contribution in [2.45, 2.75) is 6.10 Å². The first-order chi connectivity index (χ1) is 8.31. The molecule has 1 aromatic heterocycles. The minimum Gasteiger partial charge on any atom is -0.470 e. The van der Waals surface area contributed by atoms with Gasteiger partial charge >= 0.3 is 0 Å². The lowest BCUT2D eigenvalue weighted by Crippen LogP contribution is -2.36. The topological polar surface area (TPSA) is 91.5 Å². The minimum atomic E-state index is -1.14. The highest BCUT2D eigenvalue weighted by Crippen LogP contribution is 2.26. The molecule has 1 fully saturated rings. The van der Waals surface area contributed by atoms with E-state index in [9.17, 15) is 0 Å². The summed E-state index contributed by atoms with van der Waals surface area (Å²) < 4.78 is 18.7. The van der Waals surface area contributed by atoms with Gasteiger partial charge in [0.15, 0.2) is 6.10 Å². The molecule has 92 valence electrons. The number of anilines is 1. The van der Waals surface area contributed by atoms with Gasteiger partial charge < -0.3 is 19.5 Å². The summed E-state index contributed by atoms with van der Waals surface area (Å²) in [4.78, 5) is 2.01. The maximum Gasteiger partial charge on any atom is 0.270 e. The third-order valence-electron chi connectivity index (χ3n) is 2.28. The van der Waals surface area contributed by atoms with Gasteiger partial charge in [-0.3, -0.25) is 0 Å². The van der Waals surface area contributed by atoms with Crippen LogP contribution in [-0.4, -0.2) is 52.9 Å². The van der Waals surface area contributed by atoms with Crippen LogP contribution < -0.4 is 9.64 Å². The highest BCUT2D eigenvalue weighted by molar-refractivity contribution is 6.99. The Bertz CT molecular complexity index is 399. The van der Waals surface area contributed by atoms with Crippen LogP contribution in [0.3, 0.4) is 0 Å². The Morgan fingerprint density at radius 3 is 3.00 bits per heavy atom. The molecule has 0 spiro atoms. The van der Waals surface area contributed by atoms with E-state index in [1.165, 1.54) is 0 Å². The lowest BCUT2D eigenvalue weighted by atomic mass is 10.4. The van der Waals surface area contributed by atoms with E-state index in [2.05, 4.69) is 8.75 Å². The highest BCUT2D eigenvalue weighted by atomic mass is 32.1. The molecule has 1 atom stereocenters. The molecule has 1 N–H and O–H groups in total. The first kappa shape index (κ1) is 12.0. The molecule has 1 unspecified atom stereocenters. The van der Waals surface area contributed by atoms with E-state index >= 15 is 0 Å². The van der Waals surface area contributed by atoms with Gasteiger partial charge in [-0.05, 0) is 0 Å². The second-order valence-corrected chi connectivity index (χ2v) is 3.98. The number of hydrogen-bond donors (Lipinski definition) is 1. The summed E-state index contributed by atoms with van der Waals surface area (Å²) in [7, 11) is 0. The smallest absolute Gasteiger partial charge is 0.270 e. The third kappa shape index (κ3) is 3.03. The van der Waals surface area contributed by atoms with Crippen LogP contribution in [0.15, 0.2) is 0 Å².